The van der Waals surface area contributed by atoms with Crippen LogP contribution >= 0.6 is 23.1 Å². The predicted octanol–water partition coefficient (Wildman–Crippen LogP) is 4.73. The van der Waals surface area contributed by atoms with Crippen LogP contribution in [-0.4, -0.2) is 67.5 Å². The Balaban J connectivity index is 1.10. The molecule has 0 bridgehead atoms. The van der Waals surface area contributed by atoms with Crippen molar-refractivity contribution in [3.8, 4) is 0 Å². The summed E-state index contributed by atoms with van der Waals surface area (Å²) in [4.78, 5) is 23.5. The average molecular weight is 565 g/mol. The van der Waals surface area contributed by atoms with Gasteiger partial charge in [0.05, 0.1) is 15.1 Å². The number of fused-ring (bicyclic) bond motifs is 2. The topological polar surface area (TPSA) is 73.8 Å². The van der Waals surface area contributed by atoms with Crippen molar-refractivity contribution in [1.82, 2.24) is 14.2 Å². The highest BCUT2D eigenvalue weighted by Crippen LogP contribution is 2.32. The molecule has 1 aromatic heterocycles. The number of rotatable bonds is 5. The summed E-state index contributed by atoms with van der Waals surface area (Å²) >= 11 is 3.41. The normalized spacial score (nSPS) is 16.6. The van der Waals surface area contributed by atoms with Crippen molar-refractivity contribution in [2.45, 2.75) is 22.8 Å². The Labute approximate surface area is 231 Å². The van der Waals surface area contributed by atoms with Gasteiger partial charge in [0.25, 0.3) is 5.91 Å². The molecule has 10 heteroatoms. The molecular weight excluding hydrogens is 537 g/mol. The lowest BCUT2D eigenvalue weighted by Crippen LogP contribution is -2.48. The van der Waals surface area contributed by atoms with E-state index in [1.165, 1.54) is 19.5 Å². The molecule has 6 rings (SSSR count). The minimum atomic E-state index is -3.63. The van der Waals surface area contributed by atoms with E-state index in [0.717, 1.165) is 16.2 Å². The van der Waals surface area contributed by atoms with Gasteiger partial charge >= 0.3 is 0 Å². The van der Waals surface area contributed by atoms with Gasteiger partial charge in [-0.2, -0.15) is 4.31 Å². The smallest absolute Gasteiger partial charge is 0.253 e. The largest absolute Gasteiger partial charge is 0.345 e. The van der Waals surface area contributed by atoms with Crippen molar-refractivity contribution in [2.75, 3.05) is 43.9 Å². The van der Waals surface area contributed by atoms with Gasteiger partial charge in [-0.1, -0.05) is 35.6 Å². The number of anilines is 1. The fourth-order valence-corrected chi connectivity index (χ4v) is 8.02. The molecule has 3 aromatic carbocycles. The number of piperazine rings is 1. The van der Waals surface area contributed by atoms with Crippen LogP contribution in [0.2, 0.25) is 0 Å². The van der Waals surface area contributed by atoms with Crippen LogP contribution in [0.25, 0.3) is 10.2 Å². The summed E-state index contributed by atoms with van der Waals surface area (Å²) in [6, 6.07) is 20.7. The minimum Gasteiger partial charge on any atom is -0.345 e. The summed E-state index contributed by atoms with van der Waals surface area (Å²) in [5.74, 6) is -0.0746. The molecule has 4 aromatic rings. The third-order valence-electron chi connectivity index (χ3n) is 7.26. The number of sulfonamides is 1. The molecule has 0 N–H and O–H groups in total. The highest BCUT2D eigenvalue weighted by atomic mass is 32.2. The molecular formula is C28H28N4O3S3. The Morgan fingerprint density at radius 3 is 2.39 bits per heavy atom. The number of nitrogens with zero attached hydrogens (tertiary/aromatic N) is 4. The minimum absolute atomic E-state index is 0.0746. The lowest BCUT2D eigenvalue weighted by atomic mass is 10.0. The maximum absolute atomic E-state index is 13.3. The quantitative estimate of drug-likeness (QED) is 0.327. The number of thiazole rings is 1. The molecule has 0 unspecified atom stereocenters. The fraction of sp³-hybridized carbons (Fsp3) is 0.286. The molecule has 2 aliphatic rings. The SMILES string of the molecule is CSc1ccc2nc(N3CCN(C(=O)c4ccc(S(=O)(=O)N5CCc6ccccc6C5)cc4)CC3)sc2c1. The van der Waals surface area contributed by atoms with E-state index in [2.05, 4.69) is 35.4 Å². The third kappa shape index (κ3) is 4.82. The van der Waals surface area contributed by atoms with E-state index in [4.69, 9.17) is 4.98 Å². The van der Waals surface area contributed by atoms with Crippen LogP contribution < -0.4 is 4.90 Å². The van der Waals surface area contributed by atoms with E-state index < -0.39 is 10.0 Å². The maximum Gasteiger partial charge on any atom is 0.253 e. The molecule has 1 amide bonds. The number of benzene rings is 3. The van der Waals surface area contributed by atoms with Gasteiger partial charge in [-0.3, -0.25) is 4.79 Å². The second-order valence-electron chi connectivity index (χ2n) is 9.49. The molecule has 1 fully saturated rings. The van der Waals surface area contributed by atoms with Gasteiger partial charge in [-0.15, -0.1) is 11.8 Å². The Bertz CT molecular complexity index is 1590. The molecule has 1 saturated heterocycles. The van der Waals surface area contributed by atoms with Crippen LogP contribution in [0.5, 0.6) is 0 Å². The molecule has 3 heterocycles. The Hall–Kier alpha value is -2.92. The van der Waals surface area contributed by atoms with Crippen LogP contribution in [-0.2, 0) is 23.0 Å². The zero-order valence-electron chi connectivity index (χ0n) is 21.0. The van der Waals surface area contributed by atoms with Crippen LogP contribution in [0, 0.1) is 0 Å². The van der Waals surface area contributed by atoms with E-state index >= 15 is 0 Å². The van der Waals surface area contributed by atoms with Gasteiger partial charge in [-0.05, 0) is 66.3 Å². The van der Waals surface area contributed by atoms with E-state index in [9.17, 15) is 13.2 Å². The summed E-state index contributed by atoms with van der Waals surface area (Å²) in [6.07, 6.45) is 2.77. The summed E-state index contributed by atoms with van der Waals surface area (Å²) in [5, 5.41) is 0.986. The summed E-state index contributed by atoms with van der Waals surface area (Å²) in [6.45, 7) is 3.44. The first-order valence-corrected chi connectivity index (χ1v) is 16.1. The Kier molecular flexibility index (Phi) is 6.90. The highest BCUT2D eigenvalue weighted by molar-refractivity contribution is 7.98. The monoisotopic (exact) mass is 564 g/mol. The zero-order chi connectivity index (χ0) is 26.3. The average Bonchev–Trinajstić information content (AvgIpc) is 3.40. The van der Waals surface area contributed by atoms with Gasteiger partial charge in [-0.25, -0.2) is 13.4 Å². The lowest BCUT2D eigenvalue weighted by Gasteiger charge is -2.34. The maximum atomic E-state index is 13.3. The number of amides is 1. The number of hydrogen-bond acceptors (Lipinski definition) is 7. The number of carbonyl (C=O) groups excluding carboxylic acids is 1. The van der Waals surface area contributed by atoms with Crippen molar-refractivity contribution in [1.29, 1.82) is 0 Å². The summed E-state index contributed by atoms with van der Waals surface area (Å²) in [7, 11) is -3.63. The predicted molar refractivity (Wildman–Crippen MR) is 154 cm³/mol. The van der Waals surface area contributed by atoms with Crippen molar-refractivity contribution in [2.24, 2.45) is 0 Å². The van der Waals surface area contributed by atoms with Crippen molar-refractivity contribution < 1.29 is 13.2 Å². The molecule has 196 valence electrons. The van der Waals surface area contributed by atoms with Gasteiger partial charge in [0.1, 0.15) is 0 Å². The molecule has 0 spiro atoms. The van der Waals surface area contributed by atoms with Crippen LogP contribution in [0.4, 0.5) is 5.13 Å². The van der Waals surface area contributed by atoms with Crippen molar-refractivity contribution >= 4 is 54.4 Å². The second-order valence-corrected chi connectivity index (χ2v) is 13.3. The first-order chi connectivity index (χ1) is 18.4. The summed E-state index contributed by atoms with van der Waals surface area (Å²) in [5.41, 5.74) is 3.76. The summed E-state index contributed by atoms with van der Waals surface area (Å²) < 4.78 is 29.2. The van der Waals surface area contributed by atoms with Crippen LogP contribution in [0.15, 0.2) is 76.5 Å². The molecule has 0 radical (unpaired) electrons. The highest BCUT2D eigenvalue weighted by Gasteiger charge is 2.29. The van der Waals surface area contributed by atoms with E-state index in [1.807, 2.05) is 23.1 Å². The molecule has 0 aliphatic carbocycles. The van der Waals surface area contributed by atoms with E-state index in [-0.39, 0.29) is 10.8 Å². The standard InChI is InChI=1S/C28H28N4O3S3/c1-36-23-8-11-25-26(18-23)37-28(29-25)31-16-14-30(15-17-31)27(33)21-6-9-24(10-7-21)38(34,35)32-13-12-20-4-2-3-5-22(20)19-32/h2-11,18H,12-17,19H2,1H3. The molecule has 0 atom stereocenters. The van der Waals surface area contributed by atoms with Crippen LogP contribution in [0.3, 0.4) is 0 Å². The molecule has 0 saturated carbocycles. The molecule has 38 heavy (non-hydrogen) atoms. The molecule has 7 nitrogen and oxygen atoms in total. The third-order valence-corrected chi connectivity index (χ3v) is 10.9. The lowest BCUT2D eigenvalue weighted by molar-refractivity contribution is 0.0746. The van der Waals surface area contributed by atoms with Gasteiger partial charge < -0.3 is 9.80 Å². The van der Waals surface area contributed by atoms with Gasteiger partial charge in [0.15, 0.2) is 5.13 Å². The van der Waals surface area contributed by atoms with Gasteiger partial charge in [0, 0.05) is 49.7 Å². The number of carbonyl (C=O) groups is 1. The number of thioether (sulfide) groups is 1. The number of aromatic nitrogens is 1. The number of hydrogen-bond donors (Lipinski definition) is 0. The van der Waals surface area contributed by atoms with Crippen LogP contribution in [0.1, 0.15) is 21.5 Å². The Morgan fingerprint density at radius 2 is 1.66 bits per heavy atom. The first kappa shape index (κ1) is 25.4. The van der Waals surface area contributed by atoms with Crippen molar-refractivity contribution in [3.05, 3.63) is 83.4 Å². The molecule has 2 aliphatic heterocycles. The zero-order valence-corrected chi connectivity index (χ0v) is 23.5. The second kappa shape index (κ2) is 10.3. The van der Waals surface area contributed by atoms with Gasteiger partial charge in [0.2, 0.25) is 10.0 Å². The van der Waals surface area contributed by atoms with E-state index in [1.54, 1.807) is 47.4 Å². The van der Waals surface area contributed by atoms with E-state index in [0.29, 0.717) is 51.3 Å². The fourth-order valence-electron chi connectivity index (χ4n) is 5.03. The first-order valence-electron chi connectivity index (χ1n) is 12.6. The Morgan fingerprint density at radius 1 is 0.921 bits per heavy atom. The van der Waals surface area contributed by atoms with Crippen molar-refractivity contribution in [3.63, 3.8) is 0 Å².